The largest absolute Gasteiger partial charge is 0.461 e. The highest BCUT2D eigenvalue weighted by Crippen LogP contribution is 1.99. The lowest BCUT2D eigenvalue weighted by Gasteiger charge is -2.25. The van der Waals surface area contributed by atoms with E-state index in [1.165, 1.54) is 34.1 Å². The lowest BCUT2D eigenvalue weighted by Crippen LogP contribution is -2.44. The summed E-state index contributed by atoms with van der Waals surface area (Å²) in [5, 5.41) is 0. The Balaban J connectivity index is 5.13. The number of nitrogens with zero attached hydrogens (tertiary/aromatic N) is 2. The van der Waals surface area contributed by atoms with E-state index in [0.717, 1.165) is 0 Å². The number of rotatable bonds is 19. The molecule has 0 unspecified atom stereocenters. The van der Waals surface area contributed by atoms with Crippen molar-refractivity contribution >= 4 is 23.9 Å². The molecule has 0 saturated carbocycles. The van der Waals surface area contributed by atoms with Gasteiger partial charge in [-0.1, -0.05) is 50.6 Å². The van der Waals surface area contributed by atoms with E-state index in [9.17, 15) is 19.2 Å². The lowest BCUT2D eigenvalue weighted by molar-refractivity contribution is -0.150. The zero-order valence-electron chi connectivity index (χ0n) is 18.4. The summed E-state index contributed by atoms with van der Waals surface area (Å²) < 4.78 is 19.8. The minimum Gasteiger partial charge on any atom is -0.461 e. The molecule has 0 saturated heterocycles. The average Bonchev–Trinajstić information content (AvgIpc) is 2.76. The van der Waals surface area contributed by atoms with Gasteiger partial charge < -0.3 is 18.9 Å². The van der Waals surface area contributed by atoms with Crippen LogP contribution >= 0.6 is 0 Å². The van der Waals surface area contributed by atoms with Gasteiger partial charge in [0.2, 0.25) is 0 Å². The Morgan fingerprint density at radius 2 is 0.719 bits per heavy atom. The smallest absolute Gasteiger partial charge is 0.320 e. The van der Waals surface area contributed by atoms with Crippen LogP contribution in [0, 0.1) is 0 Å². The summed E-state index contributed by atoms with van der Waals surface area (Å²) in [6.45, 7) is 13.5. The van der Waals surface area contributed by atoms with Gasteiger partial charge >= 0.3 is 23.9 Å². The first kappa shape index (κ1) is 28.8. The highest BCUT2D eigenvalue weighted by molar-refractivity contribution is 5.76. The normalized spacial score (nSPS) is 10.2. The molecule has 32 heavy (non-hydrogen) atoms. The molecule has 0 aromatic carbocycles. The zero-order chi connectivity index (χ0) is 24.2. The number of ether oxygens (including phenoxy) is 4. The molecule has 0 atom stereocenters. The van der Waals surface area contributed by atoms with Crippen molar-refractivity contribution in [1.29, 1.82) is 0 Å². The number of esters is 4. The molecule has 0 aliphatic rings. The summed E-state index contributed by atoms with van der Waals surface area (Å²) in [6, 6.07) is 0. The van der Waals surface area contributed by atoms with E-state index in [0.29, 0.717) is 0 Å². The van der Waals surface area contributed by atoms with E-state index in [1.807, 2.05) is 0 Å². The molecule has 0 N–H and O–H groups in total. The Morgan fingerprint density at radius 3 is 0.906 bits per heavy atom. The Hall–Kier alpha value is -3.24. The maximum absolute atomic E-state index is 12.0. The van der Waals surface area contributed by atoms with Crippen LogP contribution in [0.5, 0.6) is 0 Å². The van der Waals surface area contributed by atoms with E-state index < -0.39 is 23.9 Å². The number of hydrogen-bond acceptors (Lipinski definition) is 10. The number of carbonyl (C=O) groups is 4. The predicted octanol–water partition coefficient (Wildman–Crippen LogP) is 0.507. The van der Waals surface area contributed by atoms with Crippen molar-refractivity contribution in [3.8, 4) is 0 Å². The minimum atomic E-state index is -0.566. The summed E-state index contributed by atoms with van der Waals surface area (Å²) in [6.07, 6.45) is 5.69. The first-order valence-electron chi connectivity index (χ1n) is 9.87. The van der Waals surface area contributed by atoms with E-state index in [4.69, 9.17) is 18.9 Å². The van der Waals surface area contributed by atoms with Crippen molar-refractivity contribution in [1.82, 2.24) is 9.80 Å². The van der Waals surface area contributed by atoms with E-state index in [1.54, 1.807) is 0 Å². The molecule has 0 aliphatic heterocycles. The monoisotopic (exact) mass is 452 g/mol. The second-order valence-electron chi connectivity index (χ2n) is 6.31. The van der Waals surface area contributed by atoms with Gasteiger partial charge in [-0.3, -0.25) is 29.0 Å². The van der Waals surface area contributed by atoms with Crippen molar-refractivity contribution in [2.45, 2.75) is 0 Å². The van der Waals surface area contributed by atoms with Gasteiger partial charge in [0.15, 0.2) is 0 Å². The summed E-state index contributed by atoms with van der Waals surface area (Å²) in [5.41, 5.74) is 0. The van der Waals surface area contributed by atoms with Crippen LogP contribution in [0.2, 0.25) is 0 Å². The molecule has 0 bridgehead atoms. The summed E-state index contributed by atoms with van der Waals surface area (Å²) in [4.78, 5) is 50.9. The molecule has 0 aromatic heterocycles. The maximum atomic E-state index is 12.0. The van der Waals surface area contributed by atoms with E-state index in [-0.39, 0.29) is 65.7 Å². The second-order valence-corrected chi connectivity index (χ2v) is 6.31. The fraction of sp³-hybridized carbons (Fsp3) is 0.455. The molecule has 0 radical (unpaired) electrons. The van der Waals surface area contributed by atoms with Crippen molar-refractivity contribution in [3.63, 3.8) is 0 Å². The molecular weight excluding hydrogens is 420 g/mol. The van der Waals surface area contributed by atoms with Gasteiger partial charge in [-0.05, 0) is 0 Å². The van der Waals surface area contributed by atoms with E-state index in [2.05, 4.69) is 26.3 Å². The van der Waals surface area contributed by atoms with Crippen LogP contribution in [0.15, 0.2) is 50.6 Å². The van der Waals surface area contributed by atoms with Gasteiger partial charge in [0.25, 0.3) is 0 Å². The second kappa shape index (κ2) is 18.5. The Morgan fingerprint density at radius 1 is 0.500 bits per heavy atom. The molecule has 0 aliphatic carbocycles. The van der Waals surface area contributed by atoms with Gasteiger partial charge in [0, 0.05) is 13.1 Å². The topological polar surface area (TPSA) is 112 Å². The third-order valence-electron chi connectivity index (χ3n) is 3.59. The standard InChI is InChI=1S/C22H32N2O8/c1-5-11-29-19(25)15-23(16-20(26)30-12-6-2)9-10-24(17-21(27)31-13-7-3)18-22(28)32-14-8-4/h5-8H,1-4,9-18H2. The highest BCUT2D eigenvalue weighted by atomic mass is 16.5. The van der Waals surface area contributed by atoms with Crippen LogP contribution < -0.4 is 0 Å². The predicted molar refractivity (Wildman–Crippen MR) is 118 cm³/mol. The average molecular weight is 453 g/mol. The van der Waals surface area contributed by atoms with Crippen LogP contribution in [0.4, 0.5) is 0 Å². The van der Waals surface area contributed by atoms with Gasteiger partial charge in [-0.2, -0.15) is 0 Å². The molecule has 0 spiro atoms. The Bertz CT molecular complexity index is 554. The summed E-state index contributed by atoms with van der Waals surface area (Å²) in [5.74, 6) is -2.26. The fourth-order valence-electron chi connectivity index (χ4n) is 2.23. The van der Waals surface area contributed by atoms with Crippen LogP contribution in [0.3, 0.4) is 0 Å². The molecule has 0 aromatic rings. The quantitative estimate of drug-likeness (QED) is 0.156. The number of carbonyl (C=O) groups excluding carboxylic acids is 4. The van der Waals surface area contributed by atoms with Gasteiger partial charge in [0.1, 0.15) is 26.4 Å². The Labute approximate surface area is 188 Å². The molecule has 10 heteroatoms. The van der Waals surface area contributed by atoms with Gasteiger partial charge in [-0.15, -0.1) is 0 Å². The lowest BCUT2D eigenvalue weighted by atomic mass is 10.3. The molecule has 0 rings (SSSR count). The van der Waals surface area contributed by atoms with Gasteiger partial charge in [-0.25, -0.2) is 0 Å². The van der Waals surface area contributed by atoms with Crippen LogP contribution in [-0.4, -0.2) is 99.4 Å². The highest BCUT2D eigenvalue weighted by Gasteiger charge is 2.21. The first-order chi connectivity index (χ1) is 15.4. The summed E-state index contributed by atoms with van der Waals surface area (Å²) in [7, 11) is 0. The Kier molecular flexibility index (Phi) is 16.6. The minimum absolute atomic E-state index is 0.0317. The SMILES string of the molecule is C=CCOC(=O)CN(CCN(CC(=O)OCC=C)CC(=O)OCC=C)CC(=O)OCC=C. The molecule has 0 fully saturated rings. The summed E-state index contributed by atoms with van der Waals surface area (Å²) >= 11 is 0. The third kappa shape index (κ3) is 15.6. The van der Waals surface area contributed by atoms with Crippen molar-refractivity contribution < 1.29 is 38.1 Å². The first-order valence-corrected chi connectivity index (χ1v) is 9.87. The van der Waals surface area contributed by atoms with Crippen LogP contribution in [0.1, 0.15) is 0 Å². The van der Waals surface area contributed by atoms with E-state index >= 15 is 0 Å². The maximum Gasteiger partial charge on any atom is 0.320 e. The van der Waals surface area contributed by atoms with Gasteiger partial charge in [0.05, 0.1) is 26.2 Å². The zero-order valence-corrected chi connectivity index (χ0v) is 18.4. The molecule has 178 valence electrons. The molecular formula is C22H32N2O8. The third-order valence-corrected chi connectivity index (χ3v) is 3.59. The van der Waals surface area contributed by atoms with Crippen LogP contribution in [0.25, 0.3) is 0 Å². The van der Waals surface area contributed by atoms with Crippen molar-refractivity contribution in [3.05, 3.63) is 50.6 Å². The molecule has 0 amide bonds. The molecule has 10 nitrogen and oxygen atoms in total. The molecule has 0 heterocycles. The van der Waals surface area contributed by atoms with Crippen LogP contribution in [-0.2, 0) is 38.1 Å². The fourth-order valence-corrected chi connectivity index (χ4v) is 2.23. The number of hydrogen-bond donors (Lipinski definition) is 0. The van der Waals surface area contributed by atoms with Crippen molar-refractivity contribution in [2.24, 2.45) is 0 Å². The van der Waals surface area contributed by atoms with Crippen molar-refractivity contribution in [2.75, 3.05) is 65.7 Å².